The van der Waals surface area contributed by atoms with E-state index in [4.69, 9.17) is 10.00 Å². The first-order chi connectivity index (χ1) is 8.19. The van der Waals surface area contributed by atoms with Crippen molar-refractivity contribution in [2.24, 2.45) is 0 Å². The number of rotatable bonds is 3. The quantitative estimate of drug-likeness (QED) is 0.884. The summed E-state index contributed by atoms with van der Waals surface area (Å²) in [7, 11) is 1.68. The minimum Gasteiger partial charge on any atom is -0.496 e. The molecule has 0 aliphatic rings. The number of nitrogens with one attached hydrogen (secondary N) is 1. The normalized spacial score (nSPS) is 11.8. The van der Waals surface area contributed by atoms with Gasteiger partial charge in [0.1, 0.15) is 11.3 Å². The Morgan fingerprint density at radius 2 is 1.78 bits per heavy atom. The topological polar surface area (TPSA) is 45.0 Å². The molecule has 0 spiro atoms. The molecule has 0 unspecified atom stereocenters. The first-order valence-corrected chi connectivity index (χ1v) is 6.07. The minimum absolute atomic E-state index is 0.000179. The van der Waals surface area contributed by atoms with Gasteiger partial charge in [-0.1, -0.05) is 20.8 Å². The van der Waals surface area contributed by atoms with Crippen LogP contribution in [0.4, 0.5) is 5.69 Å². The van der Waals surface area contributed by atoms with Crippen LogP contribution >= 0.6 is 0 Å². The molecule has 0 atom stereocenters. The molecule has 98 valence electrons. The molecule has 0 radical (unpaired) electrons. The van der Waals surface area contributed by atoms with Crippen LogP contribution in [0.25, 0.3) is 0 Å². The molecule has 3 nitrogen and oxygen atoms in total. The fraction of sp³-hybridized carbons (Fsp3) is 0.533. The van der Waals surface area contributed by atoms with Crippen molar-refractivity contribution in [1.82, 2.24) is 0 Å². The summed E-state index contributed by atoms with van der Waals surface area (Å²) < 4.78 is 5.39. The van der Waals surface area contributed by atoms with Crippen molar-refractivity contribution in [2.45, 2.75) is 45.6 Å². The Morgan fingerprint density at radius 3 is 2.22 bits per heavy atom. The molecule has 0 aromatic heterocycles. The van der Waals surface area contributed by atoms with Crippen molar-refractivity contribution in [1.29, 1.82) is 5.26 Å². The second-order valence-corrected chi connectivity index (χ2v) is 6.03. The Hall–Kier alpha value is -1.69. The molecule has 0 aliphatic carbocycles. The lowest BCUT2D eigenvalue weighted by Crippen LogP contribution is -2.28. The number of benzene rings is 1. The van der Waals surface area contributed by atoms with Gasteiger partial charge in [-0.2, -0.15) is 5.26 Å². The molecule has 0 saturated heterocycles. The van der Waals surface area contributed by atoms with Crippen molar-refractivity contribution in [3.05, 3.63) is 23.8 Å². The van der Waals surface area contributed by atoms with Gasteiger partial charge in [-0.25, -0.2) is 0 Å². The van der Waals surface area contributed by atoms with Gasteiger partial charge in [-0.3, -0.25) is 0 Å². The maximum Gasteiger partial charge on any atom is 0.122 e. The Kier molecular flexibility index (Phi) is 3.91. The smallest absolute Gasteiger partial charge is 0.122 e. The Morgan fingerprint density at radius 1 is 1.17 bits per heavy atom. The Labute approximate surface area is 110 Å². The molecule has 0 aliphatic heterocycles. The lowest BCUT2D eigenvalue weighted by Gasteiger charge is -2.25. The zero-order chi connectivity index (χ0) is 14.0. The van der Waals surface area contributed by atoms with E-state index in [0.29, 0.717) is 0 Å². The van der Waals surface area contributed by atoms with Crippen LogP contribution in [-0.2, 0) is 5.41 Å². The van der Waals surface area contributed by atoms with Gasteiger partial charge in [0.15, 0.2) is 0 Å². The van der Waals surface area contributed by atoms with Crippen LogP contribution in [0.5, 0.6) is 5.75 Å². The van der Waals surface area contributed by atoms with Crippen molar-refractivity contribution in [3.63, 3.8) is 0 Å². The Bertz CT molecular complexity index is 464. The molecule has 1 rings (SSSR count). The van der Waals surface area contributed by atoms with Gasteiger partial charge in [-0.05, 0) is 37.5 Å². The van der Waals surface area contributed by atoms with Crippen molar-refractivity contribution in [2.75, 3.05) is 12.4 Å². The SMILES string of the molecule is COc1ccc(NC(C)(C)C#N)cc1C(C)(C)C. The van der Waals surface area contributed by atoms with E-state index < -0.39 is 5.54 Å². The number of nitriles is 1. The third-order valence-electron chi connectivity index (χ3n) is 2.74. The van der Waals surface area contributed by atoms with E-state index >= 15 is 0 Å². The maximum atomic E-state index is 9.05. The van der Waals surface area contributed by atoms with E-state index in [1.165, 1.54) is 0 Å². The van der Waals surface area contributed by atoms with Gasteiger partial charge in [0.25, 0.3) is 0 Å². The van der Waals surface area contributed by atoms with Gasteiger partial charge in [0.05, 0.1) is 13.2 Å². The van der Waals surface area contributed by atoms with E-state index in [2.05, 4.69) is 38.2 Å². The minimum atomic E-state index is -0.580. The largest absolute Gasteiger partial charge is 0.496 e. The van der Waals surface area contributed by atoms with Crippen LogP contribution in [0.15, 0.2) is 18.2 Å². The first-order valence-electron chi connectivity index (χ1n) is 6.07. The molecule has 1 N–H and O–H groups in total. The number of ether oxygens (including phenoxy) is 1. The van der Waals surface area contributed by atoms with E-state index in [-0.39, 0.29) is 5.41 Å². The second-order valence-electron chi connectivity index (χ2n) is 6.03. The van der Waals surface area contributed by atoms with Crippen molar-refractivity contribution >= 4 is 5.69 Å². The van der Waals surface area contributed by atoms with Crippen LogP contribution in [-0.4, -0.2) is 12.6 Å². The fourth-order valence-electron chi connectivity index (χ4n) is 1.76. The highest BCUT2D eigenvalue weighted by molar-refractivity contribution is 5.55. The van der Waals surface area contributed by atoms with Gasteiger partial charge in [0.2, 0.25) is 0 Å². The van der Waals surface area contributed by atoms with E-state index in [9.17, 15) is 0 Å². The number of hydrogen-bond acceptors (Lipinski definition) is 3. The second kappa shape index (κ2) is 4.89. The number of anilines is 1. The summed E-state index contributed by atoms with van der Waals surface area (Å²) in [4.78, 5) is 0. The summed E-state index contributed by atoms with van der Waals surface area (Å²) in [6.45, 7) is 10.1. The maximum absolute atomic E-state index is 9.05. The van der Waals surface area contributed by atoms with Crippen LogP contribution in [0, 0.1) is 11.3 Å². The molecule has 18 heavy (non-hydrogen) atoms. The summed E-state index contributed by atoms with van der Waals surface area (Å²) in [6.07, 6.45) is 0. The highest BCUT2D eigenvalue weighted by Crippen LogP contribution is 2.34. The zero-order valence-electron chi connectivity index (χ0n) is 12.1. The molecule has 0 fully saturated rings. The third-order valence-corrected chi connectivity index (χ3v) is 2.74. The number of hydrogen-bond donors (Lipinski definition) is 1. The zero-order valence-corrected chi connectivity index (χ0v) is 12.1. The van der Waals surface area contributed by atoms with Gasteiger partial charge in [0, 0.05) is 11.3 Å². The van der Waals surface area contributed by atoms with E-state index in [1.54, 1.807) is 7.11 Å². The molecule has 0 bridgehead atoms. The van der Waals surface area contributed by atoms with Gasteiger partial charge in [-0.15, -0.1) is 0 Å². The van der Waals surface area contributed by atoms with Gasteiger partial charge >= 0.3 is 0 Å². The summed E-state index contributed by atoms with van der Waals surface area (Å²) in [5, 5.41) is 12.3. The number of methoxy groups -OCH3 is 1. The highest BCUT2D eigenvalue weighted by atomic mass is 16.5. The standard InChI is InChI=1S/C15H22N2O/c1-14(2,3)12-9-11(7-8-13(12)18-6)17-15(4,5)10-16/h7-9,17H,1-6H3. The summed E-state index contributed by atoms with van der Waals surface area (Å²) >= 11 is 0. The molecule has 1 aromatic rings. The number of nitrogens with zero attached hydrogens (tertiary/aromatic N) is 1. The average molecular weight is 246 g/mol. The molecule has 0 amide bonds. The van der Waals surface area contributed by atoms with Crippen LogP contribution in [0.3, 0.4) is 0 Å². The van der Waals surface area contributed by atoms with Gasteiger partial charge < -0.3 is 10.1 Å². The van der Waals surface area contributed by atoms with E-state index in [0.717, 1.165) is 17.0 Å². The predicted molar refractivity (Wildman–Crippen MR) is 75.0 cm³/mol. The molecular formula is C15H22N2O. The van der Waals surface area contributed by atoms with Crippen molar-refractivity contribution in [3.8, 4) is 11.8 Å². The first kappa shape index (κ1) is 14.4. The van der Waals surface area contributed by atoms with Crippen molar-refractivity contribution < 1.29 is 4.74 Å². The molecule has 0 heterocycles. The molecular weight excluding hydrogens is 224 g/mol. The summed E-state index contributed by atoms with van der Waals surface area (Å²) in [5.74, 6) is 0.878. The summed E-state index contributed by atoms with van der Waals surface area (Å²) in [6, 6.07) is 8.17. The highest BCUT2D eigenvalue weighted by Gasteiger charge is 2.21. The molecule has 0 saturated carbocycles. The lowest BCUT2D eigenvalue weighted by molar-refractivity contribution is 0.397. The fourth-order valence-corrected chi connectivity index (χ4v) is 1.76. The molecule has 3 heteroatoms. The summed E-state index contributed by atoms with van der Waals surface area (Å²) in [5.41, 5.74) is 1.49. The molecule has 1 aromatic carbocycles. The lowest BCUT2D eigenvalue weighted by atomic mass is 9.86. The Balaban J connectivity index is 3.17. The van der Waals surface area contributed by atoms with Crippen LogP contribution < -0.4 is 10.1 Å². The van der Waals surface area contributed by atoms with E-state index in [1.807, 2.05) is 26.0 Å². The van der Waals surface area contributed by atoms with Crippen LogP contribution in [0.1, 0.15) is 40.2 Å². The van der Waals surface area contributed by atoms with Crippen LogP contribution in [0.2, 0.25) is 0 Å². The average Bonchev–Trinajstić information content (AvgIpc) is 2.27. The third kappa shape index (κ3) is 3.40. The monoisotopic (exact) mass is 246 g/mol. The predicted octanol–water partition coefficient (Wildman–Crippen LogP) is 3.71.